The summed E-state index contributed by atoms with van der Waals surface area (Å²) in [6, 6.07) is 8.38. The van der Waals surface area contributed by atoms with Crippen LogP contribution in [-0.2, 0) is 21.5 Å². The van der Waals surface area contributed by atoms with Crippen molar-refractivity contribution in [1.29, 1.82) is 0 Å². The number of carbonyl (C=O) groups excluding carboxylic acids is 1. The van der Waals surface area contributed by atoms with E-state index in [1.807, 2.05) is 18.8 Å². The van der Waals surface area contributed by atoms with Gasteiger partial charge in [0.05, 0.1) is 22.1 Å². The number of anilines is 2. The van der Waals surface area contributed by atoms with Crippen LogP contribution in [0.2, 0.25) is 0 Å². The molecule has 1 aliphatic heterocycles. The first-order chi connectivity index (χ1) is 15.8. The minimum absolute atomic E-state index is 0.00121. The number of benzene rings is 2. The summed E-state index contributed by atoms with van der Waals surface area (Å²) in [6.07, 6.45) is 1.61. The number of esters is 1. The van der Waals surface area contributed by atoms with Crippen LogP contribution in [0.1, 0.15) is 13.3 Å². The van der Waals surface area contributed by atoms with Crippen molar-refractivity contribution in [2.45, 2.75) is 19.9 Å². The lowest BCUT2D eigenvalue weighted by Gasteiger charge is -2.18. The van der Waals surface area contributed by atoms with Gasteiger partial charge in [-0.2, -0.15) is 13.5 Å². The molecular weight excluding hydrogens is 466 g/mol. The van der Waals surface area contributed by atoms with Gasteiger partial charge in [-0.05, 0) is 51.3 Å². The van der Waals surface area contributed by atoms with Crippen molar-refractivity contribution >= 4 is 44.1 Å². The van der Waals surface area contributed by atoms with E-state index in [1.165, 1.54) is 13.0 Å². The van der Waals surface area contributed by atoms with Crippen molar-refractivity contribution < 1.29 is 27.4 Å². The molecule has 0 bridgehead atoms. The molecular formula is C21H25N5O7S. The fourth-order valence-electron chi connectivity index (χ4n) is 3.63. The van der Waals surface area contributed by atoms with Crippen LogP contribution in [-0.4, -0.2) is 65.4 Å². The predicted molar refractivity (Wildman–Crippen MR) is 127 cm³/mol. The van der Waals surface area contributed by atoms with Crippen molar-refractivity contribution in [1.82, 2.24) is 14.7 Å². The third kappa shape index (κ3) is 5.87. The summed E-state index contributed by atoms with van der Waals surface area (Å²) >= 11 is 0. The second-order valence-electron chi connectivity index (χ2n) is 8.00. The maximum Gasteiger partial charge on any atom is 0.308 e. The lowest BCUT2D eigenvalue weighted by molar-refractivity contribution is -0.383. The van der Waals surface area contributed by atoms with Crippen LogP contribution in [0, 0.1) is 10.1 Å². The Bertz CT molecular complexity index is 1360. The fraction of sp³-hybridized carbons (Fsp3) is 0.333. The van der Waals surface area contributed by atoms with Crippen LogP contribution in [0.4, 0.5) is 17.1 Å². The molecule has 0 amide bonds. The van der Waals surface area contributed by atoms with Gasteiger partial charge in [-0.15, -0.1) is 0 Å². The molecule has 0 fully saturated rings. The molecule has 34 heavy (non-hydrogen) atoms. The van der Waals surface area contributed by atoms with Gasteiger partial charge in [-0.25, -0.2) is 0 Å². The highest BCUT2D eigenvalue weighted by Crippen LogP contribution is 2.47. The zero-order chi connectivity index (χ0) is 25.2. The van der Waals surface area contributed by atoms with E-state index in [0.29, 0.717) is 41.0 Å². The molecule has 0 saturated heterocycles. The minimum atomic E-state index is -3.67. The highest BCUT2D eigenvalue weighted by molar-refractivity contribution is 7.85. The van der Waals surface area contributed by atoms with Crippen LogP contribution >= 0.6 is 0 Å². The number of aryl methyl sites for hydroxylation is 1. The minimum Gasteiger partial charge on any atom is -0.427 e. The van der Waals surface area contributed by atoms with Gasteiger partial charge in [-0.1, -0.05) is 0 Å². The van der Waals surface area contributed by atoms with Gasteiger partial charge in [0.1, 0.15) is 17.1 Å². The van der Waals surface area contributed by atoms with E-state index in [1.54, 1.807) is 24.3 Å². The Morgan fingerprint density at radius 3 is 2.56 bits per heavy atom. The van der Waals surface area contributed by atoms with Crippen molar-refractivity contribution in [3.05, 3.63) is 40.4 Å². The van der Waals surface area contributed by atoms with Crippen LogP contribution in [0.15, 0.2) is 30.3 Å². The first-order valence-corrected chi connectivity index (χ1v) is 12.0. The first kappa shape index (κ1) is 25.1. The Morgan fingerprint density at radius 1 is 1.29 bits per heavy atom. The molecule has 13 heteroatoms. The quantitative estimate of drug-likeness (QED) is 0.135. The number of hydrogen-bond acceptors (Lipinski definition) is 9. The largest absolute Gasteiger partial charge is 0.427 e. The van der Waals surface area contributed by atoms with E-state index in [2.05, 4.69) is 10.2 Å². The van der Waals surface area contributed by atoms with Crippen molar-refractivity contribution in [3.8, 4) is 17.0 Å². The summed E-state index contributed by atoms with van der Waals surface area (Å²) < 4.78 is 33.0. The Balaban J connectivity index is 0.000000588. The number of nitro benzene ring substituents is 1. The zero-order valence-corrected chi connectivity index (χ0v) is 19.9. The van der Waals surface area contributed by atoms with E-state index in [-0.39, 0.29) is 5.69 Å². The van der Waals surface area contributed by atoms with Crippen LogP contribution < -0.4 is 10.1 Å². The summed E-state index contributed by atoms with van der Waals surface area (Å²) in [5.41, 5.74) is 3.34. The van der Waals surface area contributed by atoms with E-state index in [4.69, 9.17) is 14.4 Å². The van der Waals surface area contributed by atoms with E-state index in [0.717, 1.165) is 24.0 Å². The maximum absolute atomic E-state index is 11.6. The highest BCUT2D eigenvalue weighted by atomic mass is 32.2. The molecule has 0 radical (unpaired) electrons. The number of nitro groups is 1. The lowest BCUT2D eigenvalue weighted by atomic mass is 9.99. The van der Waals surface area contributed by atoms with E-state index in [9.17, 15) is 23.3 Å². The van der Waals surface area contributed by atoms with Crippen LogP contribution in [0.3, 0.4) is 0 Å². The average Bonchev–Trinajstić information content (AvgIpc) is 3.06. The smallest absolute Gasteiger partial charge is 0.308 e. The molecule has 182 valence electrons. The molecule has 3 aromatic rings. The Morgan fingerprint density at radius 2 is 1.97 bits per heavy atom. The van der Waals surface area contributed by atoms with Crippen molar-refractivity contribution in [2.24, 2.45) is 0 Å². The monoisotopic (exact) mass is 491 g/mol. The SMILES string of the molecule is CC(=O)Oc1ccc2c(c1)-c1nn(CCCN(C)C)c3ccc([N+](=O)[O-])c(c13)N2.CS(=O)(=O)O. The molecule has 1 aliphatic rings. The zero-order valence-electron chi connectivity index (χ0n) is 19.1. The van der Waals surface area contributed by atoms with Gasteiger partial charge in [0.2, 0.25) is 0 Å². The standard InChI is InChI=1S/C20H21N5O4.CH4O3S/c1-12(26)29-13-5-6-15-14(11-13)19-18-16(24(22-19)10-4-9-23(2)3)7-8-17(25(27)28)20(18)21-15;1-5(2,3)4/h5-8,11,21H,4,9-10H2,1-3H3;1H3,(H,2,3,4). The molecule has 0 spiro atoms. The number of ether oxygens (including phenoxy) is 1. The first-order valence-electron chi connectivity index (χ1n) is 10.2. The predicted octanol–water partition coefficient (Wildman–Crippen LogP) is 3.05. The third-order valence-corrected chi connectivity index (χ3v) is 4.84. The lowest BCUT2D eigenvalue weighted by Crippen LogP contribution is -2.15. The van der Waals surface area contributed by atoms with Gasteiger partial charge in [0.25, 0.3) is 15.8 Å². The van der Waals surface area contributed by atoms with Gasteiger partial charge in [0, 0.05) is 30.8 Å². The number of nitrogens with zero attached hydrogens (tertiary/aromatic N) is 4. The second kappa shape index (κ2) is 9.75. The topological polar surface area (TPSA) is 157 Å². The Labute approximate surface area is 196 Å². The molecule has 1 aromatic heterocycles. The molecule has 12 nitrogen and oxygen atoms in total. The summed E-state index contributed by atoms with van der Waals surface area (Å²) in [5.74, 6) is -0.00800. The molecule has 2 aromatic carbocycles. The number of rotatable bonds is 6. The van der Waals surface area contributed by atoms with Gasteiger partial charge in [-0.3, -0.25) is 24.1 Å². The molecule has 2 heterocycles. The fourth-order valence-corrected chi connectivity index (χ4v) is 3.63. The molecule has 0 saturated carbocycles. The summed E-state index contributed by atoms with van der Waals surface area (Å²) in [4.78, 5) is 24.6. The van der Waals surface area contributed by atoms with E-state index < -0.39 is 21.0 Å². The number of carbonyl (C=O) groups is 1. The third-order valence-electron chi connectivity index (χ3n) is 4.84. The summed E-state index contributed by atoms with van der Waals surface area (Å²) in [7, 11) is 0.359. The summed E-state index contributed by atoms with van der Waals surface area (Å²) in [6.45, 7) is 2.93. The van der Waals surface area contributed by atoms with Gasteiger partial charge < -0.3 is 15.0 Å². The molecule has 0 atom stereocenters. The Hall–Kier alpha value is -3.55. The van der Waals surface area contributed by atoms with Crippen molar-refractivity contribution in [2.75, 3.05) is 32.2 Å². The molecule has 4 rings (SSSR count). The van der Waals surface area contributed by atoms with Gasteiger partial charge in [0.15, 0.2) is 0 Å². The second-order valence-corrected chi connectivity index (χ2v) is 9.46. The molecule has 0 unspecified atom stereocenters. The van der Waals surface area contributed by atoms with Gasteiger partial charge >= 0.3 is 5.97 Å². The normalized spacial score (nSPS) is 11.9. The number of fused-ring (bicyclic) bond motifs is 2. The average molecular weight is 492 g/mol. The van der Waals surface area contributed by atoms with Crippen LogP contribution in [0.25, 0.3) is 22.2 Å². The van der Waals surface area contributed by atoms with E-state index >= 15 is 0 Å². The number of nitrogens with one attached hydrogen (secondary N) is 1. The highest BCUT2D eigenvalue weighted by Gasteiger charge is 2.29. The number of hydrogen-bond donors (Lipinski definition) is 2. The molecule has 0 aliphatic carbocycles. The molecule has 2 N–H and O–H groups in total. The van der Waals surface area contributed by atoms with Crippen molar-refractivity contribution in [3.63, 3.8) is 0 Å². The van der Waals surface area contributed by atoms with Crippen LogP contribution in [0.5, 0.6) is 5.75 Å². The summed E-state index contributed by atoms with van der Waals surface area (Å²) in [5, 5.41) is 20.2. The Kier molecular flexibility index (Phi) is 7.19. The number of aromatic nitrogens is 2. The maximum atomic E-state index is 11.6.